The maximum absolute atomic E-state index is 5.62. The first-order valence-electron chi connectivity index (χ1n) is 5.90. The number of benzene rings is 1. The fourth-order valence-corrected chi connectivity index (χ4v) is 1.88. The third-order valence-electron chi connectivity index (χ3n) is 2.94. The molecule has 0 amide bonds. The lowest BCUT2D eigenvalue weighted by Crippen LogP contribution is -2.13. The number of hydrogen-bond acceptors (Lipinski definition) is 2. The monoisotopic (exact) mass is 217 g/mol. The van der Waals surface area contributed by atoms with Crippen LogP contribution in [0.5, 0.6) is 0 Å². The van der Waals surface area contributed by atoms with Gasteiger partial charge in [-0.3, -0.25) is 0 Å². The second kappa shape index (κ2) is 4.69. The van der Waals surface area contributed by atoms with Crippen LogP contribution < -0.4 is 0 Å². The first-order valence-corrected chi connectivity index (χ1v) is 5.90. The average Bonchev–Trinajstić information content (AvgIpc) is 2.66. The van der Waals surface area contributed by atoms with Crippen LogP contribution in [-0.2, 0) is 11.2 Å². The van der Waals surface area contributed by atoms with E-state index in [-0.39, 0.29) is 0 Å². The van der Waals surface area contributed by atoms with Crippen LogP contribution in [0, 0.1) is 12.8 Å². The van der Waals surface area contributed by atoms with Gasteiger partial charge in [0.25, 0.3) is 0 Å². The smallest absolute Gasteiger partial charge is 0.188 e. The van der Waals surface area contributed by atoms with E-state index in [0.29, 0.717) is 12.0 Å². The highest BCUT2D eigenvalue weighted by molar-refractivity contribution is 5.80. The molecule has 1 aliphatic heterocycles. The second-order valence-corrected chi connectivity index (χ2v) is 4.81. The number of rotatable bonds is 3. The van der Waals surface area contributed by atoms with Crippen molar-refractivity contribution < 1.29 is 4.74 Å². The van der Waals surface area contributed by atoms with Crippen molar-refractivity contribution in [2.75, 3.05) is 6.61 Å². The van der Waals surface area contributed by atoms with Gasteiger partial charge in [0, 0.05) is 6.42 Å². The summed E-state index contributed by atoms with van der Waals surface area (Å²) < 4.78 is 5.62. The SMILES string of the molecule is Cc1cccc(CC2=N[C@@H](C(C)C)CO2)c1. The average molecular weight is 217 g/mol. The van der Waals surface area contributed by atoms with E-state index < -0.39 is 0 Å². The van der Waals surface area contributed by atoms with Crippen LogP contribution in [0.2, 0.25) is 0 Å². The number of nitrogens with zero attached hydrogens (tertiary/aromatic N) is 1. The zero-order valence-electron chi connectivity index (χ0n) is 10.2. The largest absolute Gasteiger partial charge is 0.478 e. The molecule has 0 aromatic heterocycles. The maximum atomic E-state index is 5.62. The van der Waals surface area contributed by atoms with Gasteiger partial charge in [-0.2, -0.15) is 0 Å². The second-order valence-electron chi connectivity index (χ2n) is 4.81. The molecule has 0 saturated carbocycles. The topological polar surface area (TPSA) is 21.6 Å². The Bertz CT molecular complexity index is 395. The predicted molar refractivity (Wildman–Crippen MR) is 66.9 cm³/mol. The molecule has 0 aliphatic carbocycles. The summed E-state index contributed by atoms with van der Waals surface area (Å²) in [7, 11) is 0. The van der Waals surface area contributed by atoms with E-state index in [9.17, 15) is 0 Å². The minimum Gasteiger partial charge on any atom is -0.478 e. The van der Waals surface area contributed by atoms with Crippen LogP contribution in [0.4, 0.5) is 0 Å². The molecule has 0 spiro atoms. The lowest BCUT2D eigenvalue weighted by Gasteiger charge is -2.06. The van der Waals surface area contributed by atoms with E-state index in [1.807, 2.05) is 0 Å². The van der Waals surface area contributed by atoms with Crippen molar-refractivity contribution in [2.24, 2.45) is 10.9 Å². The van der Waals surface area contributed by atoms with Gasteiger partial charge in [-0.15, -0.1) is 0 Å². The van der Waals surface area contributed by atoms with E-state index >= 15 is 0 Å². The Morgan fingerprint density at radius 2 is 2.25 bits per heavy atom. The van der Waals surface area contributed by atoms with Crippen molar-refractivity contribution in [1.29, 1.82) is 0 Å². The van der Waals surface area contributed by atoms with Gasteiger partial charge >= 0.3 is 0 Å². The van der Waals surface area contributed by atoms with Crippen molar-refractivity contribution in [2.45, 2.75) is 33.2 Å². The summed E-state index contributed by atoms with van der Waals surface area (Å²) in [6, 6.07) is 8.85. The first-order chi connectivity index (χ1) is 7.65. The number of aryl methyl sites for hydroxylation is 1. The fraction of sp³-hybridized carbons (Fsp3) is 0.500. The first kappa shape index (κ1) is 11.2. The highest BCUT2D eigenvalue weighted by Gasteiger charge is 2.21. The molecule has 1 aromatic carbocycles. The quantitative estimate of drug-likeness (QED) is 0.762. The zero-order chi connectivity index (χ0) is 11.5. The highest BCUT2D eigenvalue weighted by atomic mass is 16.5. The van der Waals surface area contributed by atoms with Gasteiger partial charge in [0.2, 0.25) is 0 Å². The lowest BCUT2D eigenvalue weighted by molar-refractivity contribution is 0.287. The van der Waals surface area contributed by atoms with Crippen molar-refractivity contribution >= 4 is 5.90 Å². The Morgan fingerprint density at radius 1 is 1.44 bits per heavy atom. The highest BCUT2D eigenvalue weighted by Crippen LogP contribution is 2.16. The number of ether oxygens (including phenoxy) is 1. The molecule has 16 heavy (non-hydrogen) atoms. The van der Waals surface area contributed by atoms with Crippen LogP contribution >= 0.6 is 0 Å². The lowest BCUT2D eigenvalue weighted by atomic mass is 10.1. The van der Waals surface area contributed by atoms with Gasteiger partial charge in [0.1, 0.15) is 6.61 Å². The van der Waals surface area contributed by atoms with Crippen LogP contribution in [0.3, 0.4) is 0 Å². The zero-order valence-corrected chi connectivity index (χ0v) is 10.2. The minimum absolute atomic E-state index is 0.347. The van der Waals surface area contributed by atoms with Gasteiger partial charge in [-0.1, -0.05) is 43.7 Å². The Morgan fingerprint density at radius 3 is 2.88 bits per heavy atom. The Labute approximate surface area is 97.4 Å². The van der Waals surface area contributed by atoms with Crippen LogP contribution in [-0.4, -0.2) is 18.5 Å². The molecule has 1 atom stereocenters. The Hall–Kier alpha value is -1.31. The summed E-state index contributed by atoms with van der Waals surface area (Å²) in [4.78, 5) is 4.61. The number of aliphatic imine (C=N–C) groups is 1. The molecule has 2 rings (SSSR count). The van der Waals surface area contributed by atoms with E-state index in [2.05, 4.69) is 50.0 Å². The molecule has 2 heteroatoms. The predicted octanol–water partition coefficient (Wildman–Crippen LogP) is 2.99. The summed E-state index contributed by atoms with van der Waals surface area (Å²) >= 11 is 0. The molecular weight excluding hydrogens is 198 g/mol. The van der Waals surface area contributed by atoms with Crippen molar-refractivity contribution in [3.8, 4) is 0 Å². The molecule has 0 saturated heterocycles. The minimum atomic E-state index is 0.347. The normalized spacial score (nSPS) is 19.8. The fourth-order valence-electron chi connectivity index (χ4n) is 1.88. The molecule has 0 fully saturated rings. The van der Waals surface area contributed by atoms with E-state index in [1.165, 1.54) is 11.1 Å². The third kappa shape index (κ3) is 2.63. The van der Waals surface area contributed by atoms with Gasteiger partial charge in [0.05, 0.1) is 6.04 Å². The summed E-state index contributed by atoms with van der Waals surface area (Å²) in [6.45, 7) is 7.23. The van der Waals surface area contributed by atoms with Crippen LogP contribution in [0.15, 0.2) is 29.3 Å². The molecule has 86 valence electrons. The van der Waals surface area contributed by atoms with Gasteiger partial charge in [-0.25, -0.2) is 4.99 Å². The number of hydrogen-bond donors (Lipinski definition) is 0. The van der Waals surface area contributed by atoms with Gasteiger partial charge in [-0.05, 0) is 18.4 Å². The van der Waals surface area contributed by atoms with Crippen LogP contribution in [0.1, 0.15) is 25.0 Å². The maximum Gasteiger partial charge on any atom is 0.188 e. The molecule has 0 radical (unpaired) electrons. The van der Waals surface area contributed by atoms with Crippen molar-refractivity contribution in [1.82, 2.24) is 0 Å². The molecular formula is C14H19NO. The molecule has 2 nitrogen and oxygen atoms in total. The third-order valence-corrected chi connectivity index (χ3v) is 2.94. The molecule has 0 N–H and O–H groups in total. The standard InChI is InChI=1S/C14H19NO/c1-10(2)13-9-16-14(15-13)8-12-6-4-5-11(3)7-12/h4-7,10,13H,8-9H2,1-3H3/t13-/m1/s1. The van der Waals surface area contributed by atoms with E-state index in [4.69, 9.17) is 4.74 Å². The molecule has 1 aliphatic rings. The summed E-state index contributed by atoms with van der Waals surface area (Å²) in [5.74, 6) is 1.46. The molecule has 0 unspecified atom stereocenters. The Balaban J connectivity index is 2.03. The summed E-state index contributed by atoms with van der Waals surface area (Å²) in [6.07, 6.45) is 0.824. The molecule has 0 bridgehead atoms. The Kier molecular flexibility index (Phi) is 3.28. The van der Waals surface area contributed by atoms with Crippen molar-refractivity contribution in [3.05, 3.63) is 35.4 Å². The summed E-state index contributed by atoms with van der Waals surface area (Å²) in [5, 5.41) is 0. The summed E-state index contributed by atoms with van der Waals surface area (Å²) in [5.41, 5.74) is 2.57. The van der Waals surface area contributed by atoms with Crippen molar-refractivity contribution in [3.63, 3.8) is 0 Å². The molecule has 1 heterocycles. The van der Waals surface area contributed by atoms with E-state index in [1.54, 1.807) is 0 Å². The van der Waals surface area contributed by atoms with Gasteiger partial charge < -0.3 is 4.74 Å². The molecule has 1 aromatic rings. The van der Waals surface area contributed by atoms with Crippen LogP contribution in [0.25, 0.3) is 0 Å². The van der Waals surface area contributed by atoms with Gasteiger partial charge in [0.15, 0.2) is 5.90 Å². The van der Waals surface area contributed by atoms with E-state index in [0.717, 1.165) is 18.9 Å².